The molecule has 0 atom stereocenters. The van der Waals surface area contributed by atoms with Gasteiger partial charge in [-0.15, -0.1) is 11.8 Å². The van der Waals surface area contributed by atoms with E-state index in [1.54, 1.807) is 23.9 Å². The molecule has 2 aromatic carbocycles. The first-order chi connectivity index (χ1) is 9.20. The minimum Gasteiger partial charge on any atom is -0.294 e. The molecule has 2 aromatic rings. The Kier molecular flexibility index (Phi) is 4.74. The van der Waals surface area contributed by atoms with Crippen molar-refractivity contribution >= 4 is 17.5 Å². The summed E-state index contributed by atoms with van der Waals surface area (Å²) in [5.41, 5.74) is 1.43. The summed E-state index contributed by atoms with van der Waals surface area (Å²) in [5, 5.41) is 0. The zero-order chi connectivity index (χ0) is 13.7. The third-order valence-electron chi connectivity index (χ3n) is 2.85. The van der Waals surface area contributed by atoms with Gasteiger partial charge in [0.2, 0.25) is 0 Å². The van der Waals surface area contributed by atoms with Gasteiger partial charge in [0.25, 0.3) is 0 Å². The molecule has 0 aliphatic carbocycles. The molecular weight excluding hydrogens is 259 g/mol. The summed E-state index contributed by atoms with van der Waals surface area (Å²) in [7, 11) is 0. The minimum atomic E-state index is -0.173. The van der Waals surface area contributed by atoms with E-state index in [4.69, 9.17) is 0 Å². The van der Waals surface area contributed by atoms with Crippen molar-refractivity contribution in [2.75, 3.05) is 0 Å². The van der Waals surface area contributed by atoms with E-state index < -0.39 is 0 Å². The Morgan fingerprint density at radius 1 is 1.11 bits per heavy atom. The van der Waals surface area contributed by atoms with Crippen molar-refractivity contribution < 1.29 is 9.18 Å². The molecule has 0 bridgehead atoms. The lowest BCUT2D eigenvalue weighted by Crippen LogP contribution is -1.95. The average Bonchev–Trinajstić information content (AvgIpc) is 2.46. The second kappa shape index (κ2) is 6.53. The molecule has 0 unspecified atom stereocenters. The topological polar surface area (TPSA) is 17.1 Å². The van der Waals surface area contributed by atoms with Crippen LogP contribution in [-0.2, 0) is 5.75 Å². The lowest BCUT2D eigenvalue weighted by Gasteiger charge is -2.04. The van der Waals surface area contributed by atoms with Crippen molar-refractivity contribution in [1.82, 2.24) is 0 Å². The fourth-order valence-corrected chi connectivity index (χ4v) is 2.60. The van der Waals surface area contributed by atoms with Crippen LogP contribution in [0.4, 0.5) is 4.39 Å². The molecule has 0 radical (unpaired) electrons. The smallest absolute Gasteiger partial charge is 0.162 e. The fraction of sp³-hybridized carbons (Fsp3) is 0.188. The zero-order valence-corrected chi connectivity index (χ0v) is 11.5. The summed E-state index contributed by atoms with van der Waals surface area (Å²) in [6, 6.07) is 14.3. The molecule has 0 amide bonds. The van der Waals surface area contributed by atoms with Crippen LogP contribution in [0, 0.1) is 5.82 Å². The largest absolute Gasteiger partial charge is 0.294 e. The maximum Gasteiger partial charge on any atom is 0.162 e. The summed E-state index contributed by atoms with van der Waals surface area (Å²) in [4.78, 5) is 12.5. The number of benzene rings is 2. The monoisotopic (exact) mass is 274 g/mol. The van der Waals surface area contributed by atoms with Gasteiger partial charge in [0.1, 0.15) is 5.82 Å². The SMILES string of the molecule is CCC(=O)c1ccc(SCc2ccccc2F)cc1. The quantitative estimate of drug-likeness (QED) is 0.580. The molecule has 2 rings (SSSR count). The Hall–Kier alpha value is -1.61. The highest BCUT2D eigenvalue weighted by Gasteiger charge is 2.04. The van der Waals surface area contributed by atoms with Crippen LogP contribution in [0.3, 0.4) is 0 Å². The lowest BCUT2D eigenvalue weighted by molar-refractivity contribution is 0.0988. The number of carbonyl (C=O) groups excluding carboxylic acids is 1. The van der Waals surface area contributed by atoms with E-state index in [-0.39, 0.29) is 11.6 Å². The maximum atomic E-state index is 13.5. The second-order valence-corrected chi connectivity index (χ2v) is 5.23. The summed E-state index contributed by atoms with van der Waals surface area (Å²) >= 11 is 1.56. The Balaban J connectivity index is 2.01. The molecule has 0 saturated heterocycles. The lowest BCUT2D eigenvalue weighted by atomic mass is 10.1. The number of thioether (sulfide) groups is 1. The van der Waals surface area contributed by atoms with Crippen molar-refractivity contribution in [3.05, 3.63) is 65.5 Å². The number of hydrogen-bond acceptors (Lipinski definition) is 2. The van der Waals surface area contributed by atoms with E-state index in [0.717, 1.165) is 10.5 Å². The van der Waals surface area contributed by atoms with Gasteiger partial charge in [-0.25, -0.2) is 4.39 Å². The number of halogens is 1. The highest BCUT2D eigenvalue weighted by Crippen LogP contribution is 2.24. The zero-order valence-electron chi connectivity index (χ0n) is 10.7. The number of rotatable bonds is 5. The summed E-state index contributed by atoms with van der Waals surface area (Å²) in [5.74, 6) is 0.562. The Labute approximate surface area is 116 Å². The Bertz CT molecular complexity index is 563. The number of ketones is 1. The van der Waals surface area contributed by atoms with Gasteiger partial charge in [0.05, 0.1) is 0 Å². The molecular formula is C16H15FOS. The minimum absolute atomic E-state index is 0.144. The van der Waals surface area contributed by atoms with Crippen LogP contribution in [0.25, 0.3) is 0 Å². The van der Waals surface area contributed by atoms with Crippen LogP contribution in [-0.4, -0.2) is 5.78 Å². The van der Waals surface area contributed by atoms with Crippen molar-refractivity contribution in [1.29, 1.82) is 0 Å². The van der Waals surface area contributed by atoms with E-state index >= 15 is 0 Å². The predicted octanol–water partition coefficient (Wildman–Crippen LogP) is 4.71. The molecule has 0 aromatic heterocycles. The van der Waals surface area contributed by atoms with Crippen molar-refractivity contribution in [3.63, 3.8) is 0 Å². The normalized spacial score (nSPS) is 10.4. The third kappa shape index (κ3) is 3.67. The first kappa shape index (κ1) is 13.8. The molecule has 0 N–H and O–H groups in total. The van der Waals surface area contributed by atoms with Gasteiger partial charge < -0.3 is 0 Å². The van der Waals surface area contributed by atoms with Gasteiger partial charge in [-0.1, -0.05) is 37.3 Å². The van der Waals surface area contributed by atoms with Crippen molar-refractivity contribution in [2.45, 2.75) is 24.0 Å². The third-order valence-corrected chi connectivity index (χ3v) is 3.91. The first-order valence-electron chi connectivity index (χ1n) is 6.20. The average molecular weight is 274 g/mol. The van der Waals surface area contributed by atoms with Gasteiger partial charge in [-0.3, -0.25) is 4.79 Å². The Morgan fingerprint density at radius 3 is 2.42 bits per heavy atom. The molecule has 0 fully saturated rings. The molecule has 0 heterocycles. The highest BCUT2D eigenvalue weighted by atomic mass is 32.2. The molecule has 3 heteroatoms. The number of carbonyl (C=O) groups is 1. The van der Waals surface area contributed by atoms with Crippen LogP contribution in [0.1, 0.15) is 29.3 Å². The van der Waals surface area contributed by atoms with Crippen molar-refractivity contribution in [3.8, 4) is 0 Å². The van der Waals surface area contributed by atoms with Crippen LogP contribution in [0.5, 0.6) is 0 Å². The van der Waals surface area contributed by atoms with Gasteiger partial charge in [0.15, 0.2) is 5.78 Å². The summed E-state index contributed by atoms with van der Waals surface area (Å²) in [6.45, 7) is 1.85. The molecule has 0 spiro atoms. The number of hydrogen-bond donors (Lipinski definition) is 0. The van der Waals surface area contributed by atoms with Crippen molar-refractivity contribution in [2.24, 2.45) is 0 Å². The maximum absolute atomic E-state index is 13.5. The van der Waals surface area contributed by atoms with Gasteiger partial charge in [-0.05, 0) is 23.8 Å². The molecule has 0 aliphatic heterocycles. The predicted molar refractivity (Wildman–Crippen MR) is 77.0 cm³/mol. The highest BCUT2D eigenvalue weighted by molar-refractivity contribution is 7.98. The van der Waals surface area contributed by atoms with E-state index in [0.29, 0.717) is 17.7 Å². The molecule has 98 valence electrons. The first-order valence-corrected chi connectivity index (χ1v) is 7.18. The van der Waals surface area contributed by atoms with Crippen LogP contribution >= 0.6 is 11.8 Å². The van der Waals surface area contributed by atoms with E-state index in [9.17, 15) is 9.18 Å². The molecule has 0 saturated carbocycles. The van der Waals surface area contributed by atoms with Gasteiger partial charge in [0, 0.05) is 22.6 Å². The molecule has 19 heavy (non-hydrogen) atoms. The van der Waals surface area contributed by atoms with E-state index in [1.807, 2.05) is 37.3 Å². The number of Topliss-reactive ketones (excluding diaryl/α,β-unsaturated/α-hetero) is 1. The van der Waals surface area contributed by atoms with Gasteiger partial charge >= 0.3 is 0 Å². The fourth-order valence-electron chi connectivity index (χ4n) is 1.72. The van der Waals surface area contributed by atoms with Crippen LogP contribution in [0.15, 0.2) is 53.4 Å². The standard InChI is InChI=1S/C16H15FOS/c1-2-16(18)12-7-9-14(10-8-12)19-11-13-5-3-4-6-15(13)17/h3-10H,2,11H2,1H3. The van der Waals surface area contributed by atoms with E-state index in [2.05, 4.69) is 0 Å². The second-order valence-electron chi connectivity index (χ2n) is 4.18. The van der Waals surface area contributed by atoms with Crippen LogP contribution < -0.4 is 0 Å². The van der Waals surface area contributed by atoms with Crippen LogP contribution in [0.2, 0.25) is 0 Å². The Morgan fingerprint density at radius 2 is 1.79 bits per heavy atom. The van der Waals surface area contributed by atoms with Gasteiger partial charge in [-0.2, -0.15) is 0 Å². The summed E-state index contributed by atoms with van der Waals surface area (Å²) < 4.78 is 13.5. The molecule has 1 nitrogen and oxygen atoms in total. The molecule has 0 aliphatic rings. The summed E-state index contributed by atoms with van der Waals surface area (Å²) in [6.07, 6.45) is 0.516. The van der Waals surface area contributed by atoms with E-state index in [1.165, 1.54) is 6.07 Å².